The quantitative estimate of drug-likeness (QED) is 0.749. The average Bonchev–Trinajstić information content (AvgIpc) is 2.45. The lowest BCUT2D eigenvalue weighted by Gasteiger charge is -2.14. The van der Waals surface area contributed by atoms with Gasteiger partial charge in [-0.3, -0.25) is 14.9 Å². The topological polar surface area (TPSA) is 46.2 Å². The molecule has 0 radical (unpaired) electrons. The van der Waals surface area contributed by atoms with E-state index in [2.05, 4.69) is 18.5 Å². The highest BCUT2D eigenvalue weighted by atomic mass is 19.1. The third-order valence-corrected chi connectivity index (χ3v) is 3.29. The summed E-state index contributed by atoms with van der Waals surface area (Å²) in [6, 6.07) is 0. The first-order chi connectivity index (χ1) is 10.1. The lowest BCUT2D eigenvalue weighted by atomic mass is 9.94. The number of allylic oxidation sites excluding steroid dienone is 7. The number of carbonyl (C=O) groups excluding carboxylic acids is 2. The van der Waals surface area contributed by atoms with Crippen molar-refractivity contribution < 1.29 is 14.0 Å². The van der Waals surface area contributed by atoms with Gasteiger partial charge in [0.15, 0.2) is 0 Å². The number of rotatable bonds is 6. The zero-order valence-electron chi connectivity index (χ0n) is 13.9. The molecule has 1 N–H and O–H groups in total. The van der Waals surface area contributed by atoms with E-state index in [-0.39, 0.29) is 0 Å². The number of hydrogen-bond donors (Lipinski definition) is 1. The molecule has 0 aliphatic carbocycles. The summed E-state index contributed by atoms with van der Waals surface area (Å²) in [5.74, 6) is -1.92. The first-order valence-electron chi connectivity index (χ1n) is 7.00. The van der Waals surface area contributed by atoms with Gasteiger partial charge in [0.25, 0.3) is 0 Å². The predicted octanol–water partition coefficient (Wildman–Crippen LogP) is 4.16. The SMILES string of the molecule is C=C\C(=C/C(=C(\C)C(=C)C)C(/F)=C\C)[C@H](C)C(=O)NC(C)=O. The predicted molar refractivity (Wildman–Crippen MR) is 88.6 cm³/mol. The summed E-state index contributed by atoms with van der Waals surface area (Å²) in [4.78, 5) is 22.9. The van der Waals surface area contributed by atoms with Gasteiger partial charge in [-0.1, -0.05) is 30.9 Å². The number of amides is 2. The molecule has 0 spiro atoms. The molecule has 0 aliphatic heterocycles. The van der Waals surface area contributed by atoms with Crippen molar-refractivity contribution in [1.82, 2.24) is 5.32 Å². The van der Waals surface area contributed by atoms with Crippen LogP contribution in [0.5, 0.6) is 0 Å². The Hall–Kier alpha value is -2.23. The van der Waals surface area contributed by atoms with E-state index in [1.54, 1.807) is 33.8 Å². The molecule has 1 atom stereocenters. The highest BCUT2D eigenvalue weighted by molar-refractivity contribution is 5.96. The first-order valence-corrected chi connectivity index (χ1v) is 7.00. The third kappa shape index (κ3) is 5.64. The molecule has 0 bridgehead atoms. The molecule has 2 amide bonds. The highest BCUT2D eigenvalue weighted by Gasteiger charge is 2.18. The molecule has 0 rings (SSSR count). The summed E-state index contributed by atoms with van der Waals surface area (Å²) in [6.07, 6.45) is 4.40. The second-order valence-electron chi connectivity index (χ2n) is 5.07. The molecule has 0 unspecified atom stereocenters. The van der Waals surface area contributed by atoms with Crippen molar-refractivity contribution in [3.05, 3.63) is 59.5 Å². The summed E-state index contributed by atoms with van der Waals surface area (Å²) in [6.45, 7) is 15.5. The van der Waals surface area contributed by atoms with Crippen LogP contribution in [0.25, 0.3) is 0 Å². The second kappa shape index (κ2) is 8.93. The van der Waals surface area contributed by atoms with Gasteiger partial charge in [-0.05, 0) is 44.9 Å². The van der Waals surface area contributed by atoms with Crippen LogP contribution in [0, 0.1) is 5.92 Å². The number of nitrogens with one attached hydrogen (secondary N) is 1. The molecule has 22 heavy (non-hydrogen) atoms. The molecule has 120 valence electrons. The molecule has 0 aromatic carbocycles. The average molecular weight is 305 g/mol. The minimum atomic E-state index is -0.626. The Morgan fingerprint density at radius 3 is 2.14 bits per heavy atom. The van der Waals surface area contributed by atoms with Crippen molar-refractivity contribution in [2.24, 2.45) is 5.92 Å². The maximum Gasteiger partial charge on any atom is 0.233 e. The Bertz CT molecular complexity index is 580. The zero-order valence-corrected chi connectivity index (χ0v) is 13.9. The van der Waals surface area contributed by atoms with Crippen LogP contribution in [-0.2, 0) is 9.59 Å². The molecule has 4 heteroatoms. The lowest BCUT2D eigenvalue weighted by molar-refractivity contribution is -0.130. The monoisotopic (exact) mass is 305 g/mol. The fraction of sp³-hybridized carbons (Fsp3) is 0.333. The van der Waals surface area contributed by atoms with Crippen molar-refractivity contribution in [2.75, 3.05) is 0 Å². The van der Waals surface area contributed by atoms with E-state index >= 15 is 0 Å². The molecule has 0 aromatic heterocycles. The van der Waals surface area contributed by atoms with Gasteiger partial charge in [0.1, 0.15) is 5.83 Å². The first kappa shape index (κ1) is 19.8. The van der Waals surface area contributed by atoms with E-state index in [0.29, 0.717) is 16.7 Å². The normalized spacial score (nSPS) is 14.8. The Balaban J connectivity index is 5.87. The fourth-order valence-corrected chi connectivity index (χ4v) is 1.70. The number of carbonyl (C=O) groups is 2. The molecule has 0 saturated carbocycles. The highest BCUT2D eigenvalue weighted by Crippen LogP contribution is 2.25. The van der Waals surface area contributed by atoms with Crippen molar-refractivity contribution >= 4 is 11.8 Å². The van der Waals surface area contributed by atoms with Crippen molar-refractivity contribution in [3.63, 3.8) is 0 Å². The van der Waals surface area contributed by atoms with E-state index in [9.17, 15) is 14.0 Å². The van der Waals surface area contributed by atoms with Crippen LogP contribution in [0.3, 0.4) is 0 Å². The Kier molecular flexibility index (Phi) is 8.02. The van der Waals surface area contributed by atoms with Crippen LogP contribution in [0.4, 0.5) is 4.39 Å². The van der Waals surface area contributed by atoms with Crippen LogP contribution >= 0.6 is 0 Å². The van der Waals surface area contributed by atoms with E-state index in [4.69, 9.17) is 0 Å². The van der Waals surface area contributed by atoms with E-state index < -0.39 is 23.6 Å². The number of halogens is 1. The van der Waals surface area contributed by atoms with Gasteiger partial charge in [0.05, 0.1) is 5.92 Å². The fourth-order valence-electron chi connectivity index (χ4n) is 1.70. The molecule has 0 saturated heterocycles. The maximum absolute atomic E-state index is 14.1. The lowest BCUT2D eigenvalue weighted by Crippen LogP contribution is -2.33. The minimum Gasteiger partial charge on any atom is -0.296 e. The standard InChI is InChI=1S/C18H24FNO2/c1-8-15(13(6)18(22)20-14(7)21)10-16(17(19)9-2)12(5)11(3)4/h8-10,13H,1,3H2,2,4-7H3,(H,20,21,22)/b15-10+,16-12-,17-9+/t13-/m0/s1. The molecule has 3 nitrogen and oxygen atoms in total. The molecule has 0 aliphatic rings. The van der Waals surface area contributed by atoms with Gasteiger partial charge < -0.3 is 0 Å². The van der Waals surface area contributed by atoms with Gasteiger partial charge >= 0.3 is 0 Å². The molecule has 0 aromatic rings. The Labute approximate surface area is 132 Å². The molecular weight excluding hydrogens is 281 g/mol. The van der Waals surface area contributed by atoms with Gasteiger partial charge in [-0.15, -0.1) is 0 Å². The van der Waals surface area contributed by atoms with Crippen LogP contribution in [-0.4, -0.2) is 11.8 Å². The van der Waals surface area contributed by atoms with Crippen molar-refractivity contribution in [1.29, 1.82) is 0 Å². The van der Waals surface area contributed by atoms with Gasteiger partial charge in [0, 0.05) is 12.5 Å². The van der Waals surface area contributed by atoms with Crippen LogP contribution < -0.4 is 5.32 Å². The van der Waals surface area contributed by atoms with Gasteiger partial charge in [0.2, 0.25) is 11.8 Å². The van der Waals surface area contributed by atoms with Crippen molar-refractivity contribution in [2.45, 2.75) is 34.6 Å². The Morgan fingerprint density at radius 1 is 1.23 bits per heavy atom. The Morgan fingerprint density at radius 2 is 1.77 bits per heavy atom. The molecule has 0 heterocycles. The van der Waals surface area contributed by atoms with Crippen molar-refractivity contribution in [3.8, 4) is 0 Å². The maximum atomic E-state index is 14.1. The second-order valence-corrected chi connectivity index (χ2v) is 5.07. The summed E-state index contributed by atoms with van der Waals surface area (Å²) >= 11 is 0. The number of imide groups is 1. The minimum absolute atomic E-state index is 0.354. The zero-order chi connectivity index (χ0) is 17.4. The summed E-state index contributed by atoms with van der Waals surface area (Å²) in [5, 5.41) is 2.22. The third-order valence-electron chi connectivity index (χ3n) is 3.29. The van der Waals surface area contributed by atoms with E-state index in [1.165, 1.54) is 19.1 Å². The number of hydrogen-bond acceptors (Lipinski definition) is 2. The van der Waals surface area contributed by atoms with E-state index in [0.717, 1.165) is 5.57 Å². The van der Waals surface area contributed by atoms with E-state index in [1.807, 2.05) is 0 Å². The van der Waals surface area contributed by atoms with Crippen LogP contribution in [0.1, 0.15) is 34.6 Å². The van der Waals surface area contributed by atoms with Gasteiger partial charge in [-0.25, -0.2) is 4.39 Å². The largest absolute Gasteiger partial charge is 0.296 e. The molecule has 0 fully saturated rings. The smallest absolute Gasteiger partial charge is 0.233 e. The molecular formula is C18H24FNO2. The summed E-state index contributed by atoms with van der Waals surface area (Å²) in [7, 11) is 0. The van der Waals surface area contributed by atoms with Crippen LogP contribution in [0.15, 0.2) is 59.5 Å². The van der Waals surface area contributed by atoms with Gasteiger partial charge in [-0.2, -0.15) is 0 Å². The van der Waals surface area contributed by atoms with Crippen LogP contribution in [0.2, 0.25) is 0 Å². The summed E-state index contributed by atoms with van der Waals surface area (Å²) in [5.41, 5.74) is 2.29. The summed E-state index contributed by atoms with van der Waals surface area (Å²) < 4.78 is 14.1.